The third-order valence-corrected chi connectivity index (χ3v) is 3.54. The summed E-state index contributed by atoms with van der Waals surface area (Å²) >= 11 is 6.09. The number of hydrogen-bond donors (Lipinski definition) is 2. The van der Waals surface area contributed by atoms with Gasteiger partial charge in [-0.25, -0.2) is 0 Å². The zero-order valence-corrected chi connectivity index (χ0v) is 12.4. The number of benzene rings is 2. The first-order valence-electron chi connectivity index (χ1n) is 6.34. The number of oxazole rings is 1. The van der Waals surface area contributed by atoms with E-state index >= 15 is 0 Å². The highest BCUT2D eigenvalue weighted by atomic mass is 35.5. The van der Waals surface area contributed by atoms with E-state index in [0.717, 1.165) is 11.3 Å². The van der Waals surface area contributed by atoms with Gasteiger partial charge < -0.3 is 20.2 Å². The van der Waals surface area contributed by atoms with Gasteiger partial charge in [-0.15, -0.1) is 0 Å². The Morgan fingerprint density at radius 2 is 2.10 bits per heavy atom. The van der Waals surface area contributed by atoms with Crippen LogP contribution in [0.2, 0.25) is 5.02 Å². The molecule has 0 amide bonds. The van der Waals surface area contributed by atoms with Gasteiger partial charge in [0.15, 0.2) is 5.58 Å². The Morgan fingerprint density at radius 1 is 1.29 bits per heavy atom. The van der Waals surface area contributed by atoms with Gasteiger partial charge in [0.1, 0.15) is 11.3 Å². The largest absolute Gasteiger partial charge is 0.495 e. The van der Waals surface area contributed by atoms with Crippen LogP contribution in [0.4, 0.5) is 17.4 Å². The molecule has 0 saturated heterocycles. The summed E-state index contributed by atoms with van der Waals surface area (Å²) < 4.78 is 10.9. The molecule has 0 bridgehead atoms. The minimum Gasteiger partial charge on any atom is -0.495 e. The molecule has 0 radical (unpaired) electrons. The van der Waals surface area contributed by atoms with Crippen molar-refractivity contribution in [3.05, 3.63) is 40.9 Å². The number of halogens is 1. The number of fused-ring (bicyclic) bond motifs is 1. The molecule has 0 spiro atoms. The molecule has 0 saturated carbocycles. The Bertz CT molecular complexity index is 814. The number of hydrogen-bond acceptors (Lipinski definition) is 5. The molecule has 2 aromatic carbocycles. The van der Waals surface area contributed by atoms with Crippen molar-refractivity contribution >= 4 is 40.1 Å². The molecule has 0 aliphatic carbocycles. The van der Waals surface area contributed by atoms with Crippen LogP contribution in [0.1, 0.15) is 5.56 Å². The van der Waals surface area contributed by atoms with Gasteiger partial charge in [-0.1, -0.05) is 11.6 Å². The normalized spacial score (nSPS) is 10.8. The first kappa shape index (κ1) is 13.6. The van der Waals surface area contributed by atoms with Gasteiger partial charge in [0.05, 0.1) is 12.8 Å². The van der Waals surface area contributed by atoms with E-state index in [0.29, 0.717) is 33.6 Å². The number of anilines is 3. The van der Waals surface area contributed by atoms with Crippen LogP contribution >= 0.6 is 11.6 Å². The second-order valence-electron chi connectivity index (χ2n) is 4.67. The molecular weight excluding hydrogens is 290 g/mol. The van der Waals surface area contributed by atoms with Crippen LogP contribution in [0.25, 0.3) is 11.1 Å². The summed E-state index contributed by atoms with van der Waals surface area (Å²) in [5.41, 5.74) is 9.40. The molecule has 0 fully saturated rings. The Morgan fingerprint density at radius 3 is 2.86 bits per heavy atom. The summed E-state index contributed by atoms with van der Waals surface area (Å²) in [6, 6.07) is 9.31. The Kier molecular flexibility index (Phi) is 3.35. The predicted octanol–water partition coefficient (Wildman–Crippen LogP) is 4.12. The lowest BCUT2D eigenvalue weighted by Gasteiger charge is -2.10. The van der Waals surface area contributed by atoms with E-state index < -0.39 is 0 Å². The fraction of sp³-hybridized carbons (Fsp3) is 0.133. The molecular formula is C15H14ClN3O2. The average molecular weight is 304 g/mol. The summed E-state index contributed by atoms with van der Waals surface area (Å²) in [6.07, 6.45) is 0. The number of nitrogen functional groups attached to an aromatic ring is 1. The van der Waals surface area contributed by atoms with Crippen LogP contribution in [0.15, 0.2) is 34.7 Å². The van der Waals surface area contributed by atoms with E-state index in [1.807, 2.05) is 13.0 Å². The van der Waals surface area contributed by atoms with Gasteiger partial charge in [-0.3, -0.25) is 0 Å². The van der Waals surface area contributed by atoms with Crippen molar-refractivity contribution in [2.24, 2.45) is 0 Å². The van der Waals surface area contributed by atoms with Crippen molar-refractivity contribution in [2.75, 3.05) is 18.2 Å². The number of aryl methyl sites for hydroxylation is 1. The third-order valence-electron chi connectivity index (χ3n) is 3.13. The lowest BCUT2D eigenvalue weighted by atomic mass is 10.2. The SMILES string of the molecule is COc1cc(Cl)c(C)cc1Nc1nc2cc(N)ccc2o1. The molecule has 0 atom stereocenters. The van der Waals surface area contributed by atoms with Crippen LogP contribution in [0.3, 0.4) is 0 Å². The van der Waals surface area contributed by atoms with Crippen molar-refractivity contribution in [1.29, 1.82) is 0 Å². The highest BCUT2D eigenvalue weighted by Crippen LogP contribution is 2.33. The minimum absolute atomic E-state index is 0.371. The van der Waals surface area contributed by atoms with E-state index in [2.05, 4.69) is 10.3 Å². The summed E-state index contributed by atoms with van der Waals surface area (Å²) in [6.45, 7) is 1.92. The molecule has 0 unspecified atom stereocenters. The third kappa shape index (κ3) is 2.60. The van der Waals surface area contributed by atoms with Crippen molar-refractivity contribution in [3.63, 3.8) is 0 Å². The molecule has 3 aromatic rings. The van der Waals surface area contributed by atoms with Crippen LogP contribution in [-0.2, 0) is 0 Å². The minimum atomic E-state index is 0.371. The van der Waals surface area contributed by atoms with E-state index in [-0.39, 0.29) is 0 Å². The smallest absolute Gasteiger partial charge is 0.300 e. The van der Waals surface area contributed by atoms with Gasteiger partial charge in [-0.05, 0) is 36.8 Å². The molecule has 6 heteroatoms. The Hall–Kier alpha value is -2.40. The first-order valence-corrected chi connectivity index (χ1v) is 6.72. The standard InChI is InChI=1S/C15H14ClN3O2/c1-8-5-11(14(20-2)7-10(8)16)18-15-19-12-6-9(17)3-4-13(12)21-15/h3-7H,17H2,1-2H3,(H,18,19). The molecule has 3 rings (SSSR count). The summed E-state index contributed by atoms with van der Waals surface area (Å²) in [4.78, 5) is 4.35. The summed E-state index contributed by atoms with van der Waals surface area (Å²) in [7, 11) is 1.58. The second-order valence-corrected chi connectivity index (χ2v) is 5.08. The zero-order chi connectivity index (χ0) is 15.0. The summed E-state index contributed by atoms with van der Waals surface area (Å²) in [5, 5.41) is 3.74. The van der Waals surface area contributed by atoms with Crippen molar-refractivity contribution in [2.45, 2.75) is 6.92 Å². The van der Waals surface area contributed by atoms with Gasteiger partial charge in [0.25, 0.3) is 6.01 Å². The lowest BCUT2D eigenvalue weighted by Crippen LogP contribution is -1.96. The Labute approximate surface area is 126 Å². The number of nitrogens with zero attached hydrogens (tertiary/aromatic N) is 1. The average Bonchev–Trinajstić information content (AvgIpc) is 2.84. The van der Waals surface area contributed by atoms with Crippen molar-refractivity contribution < 1.29 is 9.15 Å². The molecule has 5 nitrogen and oxygen atoms in total. The molecule has 21 heavy (non-hydrogen) atoms. The van der Waals surface area contributed by atoms with Crippen molar-refractivity contribution in [1.82, 2.24) is 4.98 Å². The highest BCUT2D eigenvalue weighted by molar-refractivity contribution is 6.31. The lowest BCUT2D eigenvalue weighted by molar-refractivity contribution is 0.416. The number of methoxy groups -OCH3 is 1. The zero-order valence-electron chi connectivity index (χ0n) is 11.6. The number of nitrogens with one attached hydrogen (secondary N) is 1. The highest BCUT2D eigenvalue weighted by Gasteiger charge is 2.11. The molecule has 0 aliphatic rings. The van der Waals surface area contributed by atoms with Crippen LogP contribution in [0, 0.1) is 6.92 Å². The van der Waals surface area contributed by atoms with Crippen LogP contribution in [-0.4, -0.2) is 12.1 Å². The van der Waals surface area contributed by atoms with E-state index in [1.54, 1.807) is 31.4 Å². The maximum absolute atomic E-state index is 6.09. The van der Waals surface area contributed by atoms with E-state index in [1.165, 1.54) is 0 Å². The number of rotatable bonds is 3. The number of nitrogens with two attached hydrogens (primary N) is 1. The van der Waals surface area contributed by atoms with Gasteiger partial charge in [0.2, 0.25) is 0 Å². The fourth-order valence-corrected chi connectivity index (χ4v) is 2.20. The quantitative estimate of drug-likeness (QED) is 0.712. The molecule has 0 aliphatic heterocycles. The molecule has 108 valence electrons. The van der Waals surface area contributed by atoms with Gasteiger partial charge in [0, 0.05) is 16.8 Å². The summed E-state index contributed by atoms with van der Waals surface area (Å²) in [5.74, 6) is 0.618. The monoisotopic (exact) mass is 303 g/mol. The van der Waals surface area contributed by atoms with Crippen LogP contribution in [0.5, 0.6) is 5.75 Å². The second kappa shape index (κ2) is 5.18. The van der Waals surface area contributed by atoms with Gasteiger partial charge in [-0.2, -0.15) is 4.98 Å². The molecule has 1 heterocycles. The molecule has 1 aromatic heterocycles. The van der Waals surface area contributed by atoms with Crippen molar-refractivity contribution in [3.8, 4) is 5.75 Å². The van der Waals surface area contributed by atoms with E-state index in [9.17, 15) is 0 Å². The van der Waals surface area contributed by atoms with Gasteiger partial charge >= 0.3 is 0 Å². The molecule has 3 N–H and O–H groups in total. The van der Waals surface area contributed by atoms with Crippen LogP contribution < -0.4 is 15.8 Å². The maximum atomic E-state index is 6.09. The number of aromatic nitrogens is 1. The maximum Gasteiger partial charge on any atom is 0.300 e. The number of ether oxygens (including phenoxy) is 1. The first-order chi connectivity index (χ1) is 10.1. The predicted molar refractivity (Wildman–Crippen MR) is 84.4 cm³/mol. The van der Waals surface area contributed by atoms with E-state index in [4.69, 9.17) is 26.5 Å². The fourth-order valence-electron chi connectivity index (χ4n) is 2.04. The topological polar surface area (TPSA) is 73.3 Å². The Balaban J connectivity index is 2.00.